The molecule has 4 nitrogen and oxygen atoms in total. The molecule has 0 radical (unpaired) electrons. The maximum Gasteiger partial charge on any atom is 0.129 e. The zero-order valence-corrected chi connectivity index (χ0v) is 21.8. The van der Waals surface area contributed by atoms with Crippen molar-refractivity contribution in [2.24, 2.45) is 0 Å². The Balaban J connectivity index is 2.22. The first-order valence-electron chi connectivity index (χ1n) is 12.5. The van der Waals surface area contributed by atoms with E-state index in [-0.39, 0.29) is 0 Å². The van der Waals surface area contributed by atoms with Crippen LogP contribution in [0.1, 0.15) is 79.7 Å². The van der Waals surface area contributed by atoms with Crippen molar-refractivity contribution in [1.82, 2.24) is 0 Å². The summed E-state index contributed by atoms with van der Waals surface area (Å²) < 4.78 is 25.4. The topological polar surface area (TPSA) is 36.9 Å². The molecular formula is C29H44O4. The van der Waals surface area contributed by atoms with Crippen molar-refractivity contribution in [3.05, 3.63) is 60.2 Å². The molecule has 33 heavy (non-hydrogen) atoms. The zero-order chi connectivity index (χ0) is 24.4. The lowest BCUT2D eigenvalue weighted by Gasteiger charge is -2.38. The summed E-state index contributed by atoms with van der Waals surface area (Å²) in [5, 5.41) is 0. The average Bonchev–Trinajstić information content (AvgIpc) is 2.84. The molecule has 0 bridgehead atoms. The van der Waals surface area contributed by atoms with Gasteiger partial charge in [-0.2, -0.15) is 0 Å². The summed E-state index contributed by atoms with van der Waals surface area (Å²) in [6.45, 7) is 16.7. The van der Waals surface area contributed by atoms with E-state index in [4.69, 9.17) is 18.9 Å². The minimum atomic E-state index is -0.508. The maximum absolute atomic E-state index is 6.64. The summed E-state index contributed by atoms with van der Waals surface area (Å²) in [6, 6.07) is 18.2. The summed E-state index contributed by atoms with van der Waals surface area (Å²) in [5.74, 6) is 1.71. The van der Waals surface area contributed by atoms with Crippen LogP contribution in [-0.4, -0.2) is 31.0 Å². The summed E-state index contributed by atoms with van der Waals surface area (Å²) in [6.07, 6.45) is 3.50. The molecule has 2 rings (SSSR count). The third-order valence-corrected chi connectivity index (χ3v) is 6.54. The molecule has 0 saturated heterocycles. The number of hydrogen-bond acceptors (Lipinski definition) is 4. The van der Waals surface area contributed by atoms with Crippen LogP contribution in [0, 0.1) is 0 Å². The van der Waals surface area contributed by atoms with Crippen molar-refractivity contribution in [3.8, 4) is 11.5 Å². The lowest BCUT2D eigenvalue weighted by molar-refractivity contribution is -0.105. The van der Waals surface area contributed by atoms with Gasteiger partial charge in [-0.1, -0.05) is 64.1 Å². The van der Waals surface area contributed by atoms with Crippen molar-refractivity contribution >= 4 is 0 Å². The van der Waals surface area contributed by atoms with Gasteiger partial charge in [-0.3, -0.25) is 0 Å². The molecule has 3 atom stereocenters. The summed E-state index contributed by atoms with van der Waals surface area (Å²) in [5.41, 5.74) is -0.277. The normalized spacial score (nSPS) is 16.9. The molecule has 3 unspecified atom stereocenters. The number of hydrogen-bond donors (Lipinski definition) is 0. The third kappa shape index (κ3) is 7.75. The minimum Gasteiger partial charge on any atom is -0.485 e. The summed E-state index contributed by atoms with van der Waals surface area (Å²) in [4.78, 5) is 0. The summed E-state index contributed by atoms with van der Waals surface area (Å²) in [7, 11) is 0. The van der Waals surface area contributed by atoms with E-state index in [0.29, 0.717) is 13.2 Å². The Hall–Kier alpha value is -2.04. The fraction of sp³-hybridized carbons (Fsp3) is 0.586. The van der Waals surface area contributed by atoms with Gasteiger partial charge in [-0.05, 0) is 64.7 Å². The van der Waals surface area contributed by atoms with Crippen LogP contribution < -0.4 is 9.47 Å². The van der Waals surface area contributed by atoms with E-state index in [1.165, 1.54) is 0 Å². The van der Waals surface area contributed by atoms with E-state index < -0.39 is 16.8 Å². The smallest absolute Gasteiger partial charge is 0.129 e. The van der Waals surface area contributed by atoms with Gasteiger partial charge < -0.3 is 18.9 Å². The second-order valence-corrected chi connectivity index (χ2v) is 9.55. The Bertz CT molecular complexity index is 823. The first kappa shape index (κ1) is 27.2. The van der Waals surface area contributed by atoms with Crippen molar-refractivity contribution in [3.63, 3.8) is 0 Å². The van der Waals surface area contributed by atoms with E-state index >= 15 is 0 Å². The molecule has 4 heteroatoms. The number of ether oxygens (including phenoxy) is 4. The van der Waals surface area contributed by atoms with Crippen LogP contribution in [0.25, 0.3) is 0 Å². The van der Waals surface area contributed by atoms with Crippen LogP contribution in [0.15, 0.2) is 54.6 Å². The average molecular weight is 457 g/mol. The van der Waals surface area contributed by atoms with Gasteiger partial charge in [0.25, 0.3) is 0 Å². The Morgan fingerprint density at radius 1 is 0.667 bits per heavy atom. The molecule has 0 aromatic heterocycles. The molecule has 0 aliphatic heterocycles. The number of benzene rings is 2. The first-order chi connectivity index (χ1) is 15.7. The van der Waals surface area contributed by atoms with Crippen molar-refractivity contribution < 1.29 is 18.9 Å². The molecule has 0 spiro atoms. The molecule has 0 N–H and O–H groups in total. The second kappa shape index (κ2) is 12.4. The van der Waals surface area contributed by atoms with Crippen LogP contribution in [0.3, 0.4) is 0 Å². The molecule has 2 aromatic carbocycles. The largest absolute Gasteiger partial charge is 0.485 e. The molecule has 2 aromatic rings. The van der Waals surface area contributed by atoms with Crippen molar-refractivity contribution in [2.75, 3.05) is 19.8 Å². The number of para-hydroxylation sites is 2. The van der Waals surface area contributed by atoms with Gasteiger partial charge in [0, 0.05) is 12.2 Å². The lowest BCUT2D eigenvalue weighted by atomic mass is 9.91. The molecule has 0 aliphatic rings. The van der Waals surface area contributed by atoms with Gasteiger partial charge in [0.1, 0.15) is 22.7 Å². The molecule has 0 amide bonds. The highest BCUT2D eigenvalue weighted by molar-refractivity contribution is 5.38. The number of rotatable bonds is 15. The second-order valence-electron chi connectivity index (χ2n) is 9.55. The van der Waals surface area contributed by atoms with E-state index in [1.54, 1.807) is 0 Å². The standard InChI is InChI=1S/C29H44O4/c1-8-21-30-22-27(5,9-2)33-26-20-16-15-19-25(26)29(7,11-4)31-23-28(6,10-3)32-24-17-13-12-14-18-24/h12-20H,8-11,21-23H2,1-7H3. The lowest BCUT2D eigenvalue weighted by Crippen LogP contribution is -2.41. The van der Waals surface area contributed by atoms with Crippen LogP contribution in [0.5, 0.6) is 11.5 Å². The molecule has 0 saturated carbocycles. The quantitative estimate of drug-likeness (QED) is 0.259. The van der Waals surface area contributed by atoms with Crippen LogP contribution in [0.2, 0.25) is 0 Å². The van der Waals surface area contributed by atoms with Gasteiger partial charge in [0.2, 0.25) is 0 Å². The Morgan fingerprint density at radius 2 is 1.27 bits per heavy atom. The highest BCUT2D eigenvalue weighted by Gasteiger charge is 2.35. The van der Waals surface area contributed by atoms with Crippen molar-refractivity contribution in [1.29, 1.82) is 0 Å². The fourth-order valence-corrected chi connectivity index (χ4v) is 3.55. The molecule has 184 valence electrons. The van der Waals surface area contributed by atoms with E-state index in [9.17, 15) is 0 Å². The molecule has 0 aliphatic carbocycles. The molecular weight excluding hydrogens is 412 g/mol. The third-order valence-electron chi connectivity index (χ3n) is 6.54. The van der Waals surface area contributed by atoms with E-state index in [0.717, 1.165) is 49.4 Å². The van der Waals surface area contributed by atoms with Crippen LogP contribution in [-0.2, 0) is 15.1 Å². The van der Waals surface area contributed by atoms with Gasteiger partial charge in [-0.25, -0.2) is 0 Å². The molecule has 0 fully saturated rings. The van der Waals surface area contributed by atoms with Crippen molar-refractivity contribution in [2.45, 2.75) is 91.0 Å². The van der Waals surface area contributed by atoms with Gasteiger partial charge in [0.15, 0.2) is 0 Å². The van der Waals surface area contributed by atoms with Crippen LogP contribution >= 0.6 is 0 Å². The Labute approximate surface area is 201 Å². The maximum atomic E-state index is 6.64. The van der Waals surface area contributed by atoms with E-state index in [1.807, 2.05) is 42.5 Å². The highest BCUT2D eigenvalue weighted by atomic mass is 16.6. The Kier molecular flexibility index (Phi) is 10.2. The summed E-state index contributed by atoms with van der Waals surface area (Å²) >= 11 is 0. The monoisotopic (exact) mass is 456 g/mol. The minimum absolute atomic E-state index is 0.395. The predicted molar refractivity (Wildman–Crippen MR) is 136 cm³/mol. The van der Waals surface area contributed by atoms with Crippen LogP contribution in [0.4, 0.5) is 0 Å². The molecule has 0 heterocycles. The van der Waals surface area contributed by atoms with Gasteiger partial charge in [0.05, 0.1) is 18.8 Å². The van der Waals surface area contributed by atoms with Gasteiger partial charge in [-0.15, -0.1) is 0 Å². The zero-order valence-electron chi connectivity index (χ0n) is 21.8. The predicted octanol–water partition coefficient (Wildman–Crippen LogP) is 7.55. The Morgan fingerprint density at radius 3 is 1.88 bits per heavy atom. The van der Waals surface area contributed by atoms with E-state index in [2.05, 4.69) is 60.6 Å². The first-order valence-corrected chi connectivity index (χ1v) is 12.5. The fourth-order valence-electron chi connectivity index (χ4n) is 3.55. The highest BCUT2D eigenvalue weighted by Crippen LogP contribution is 2.38. The SMILES string of the molecule is CCCOCC(C)(CC)Oc1ccccc1C(C)(CC)OCC(C)(CC)Oc1ccccc1. The van der Waals surface area contributed by atoms with Gasteiger partial charge >= 0.3 is 0 Å².